The molecule has 0 aromatic heterocycles. The van der Waals surface area contributed by atoms with E-state index in [2.05, 4.69) is 61.5 Å². The summed E-state index contributed by atoms with van der Waals surface area (Å²) in [6.07, 6.45) is 14.9. The van der Waals surface area contributed by atoms with Gasteiger partial charge in [0.25, 0.3) is 0 Å². The second-order valence-electron chi connectivity index (χ2n) is 6.71. The topological polar surface area (TPSA) is 27.1 Å². The minimum absolute atomic E-state index is 0.329. The van der Waals surface area contributed by atoms with E-state index in [4.69, 9.17) is 5.41 Å². The first-order chi connectivity index (χ1) is 10.7. The Labute approximate surface area is 134 Å². The molecule has 0 aliphatic heterocycles. The molecule has 2 heteroatoms. The molecular formula is C20H26N2. The lowest BCUT2D eigenvalue weighted by Gasteiger charge is -2.26. The molecule has 0 radical (unpaired) electrons. The molecule has 1 fully saturated rings. The lowest BCUT2D eigenvalue weighted by Crippen LogP contribution is -2.20. The third kappa shape index (κ3) is 3.01. The second kappa shape index (κ2) is 6.51. The van der Waals surface area contributed by atoms with Gasteiger partial charge in [-0.15, -0.1) is 0 Å². The summed E-state index contributed by atoms with van der Waals surface area (Å²) in [5.74, 6) is 0.773. The van der Waals surface area contributed by atoms with Crippen molar-refractivity contribution in [1.29, 1.82) is 5.41 Å². The number of nitrogens with one attached hydrogen (secondary N) is 1. The van der Waals surface area contributed by atoms with E-state index in [1.165, 1.54) is 43.4 Å². The molecule has 116 valence electrons. The molecule has 0 saturated heterocycles. The molecule has 0 unspecified atom stereocenters. The van der Waals surface area contributed by atoms with Crippen molar-refractivity contribution >= 4 is 11.4 Å². The average Bonchev–Trinajstić information content (AvgIpc) is 3.08. The lowest BCUT2D eigenvalue weighted by molar-refractivity contribution is 0.438. The van der Waals surface area contributed by atoms with Crippen molar-refractivity contribution in [2.45, 2.75) is 38.0 Å². The van der Waals surface area contributed by atoms with Crippen molar-refractivity contribution in [3.63, 3.8) is 0 Å². The standard InChI is InChI=1S/C20H26N2/c1-22(2)17-12-13-18(15-8-6-7-9-15)19(14-17)20(21)16-10-4-3-5-11-16/h6-9,12-16,21H,3-5,10-11H2,1-2H3. The van der Waals surface area contributed by atoms with Crippen LogP contribution in [0.2, 0.25) is 0 Å². The molecule has 3 rings (SSSR count). The van der Waals surface area contributed by atoms with Gasteiger partial charge in [0.05, 0.1) is 0 Å². The van der Waals surface area contributed by atoms with Gasteiger partial charge in [-0.2, -0.15) is 0 Å². The highest BCUT2D eigenvalue weighted by Gasteiger charge is 2.23. The van der Waals surface area contributed by atoms with Crippen LogP contribution in [-0.2, 0) is 0 Å². The smallest absolute Gasteiger partial charge is 0.0420 e. The summed E-state index contributed by atoms with van der Waals surface area (Å²) in [4.78, 5) is 2.13. The van der Waals surface area contributed by atoms with E-state index in [1.54, 1.807) is 0 Å². The zero-order valence-corrected chi connectivity index (χ0v) is 13.7. The van der Waals surface area contributed by atoms with E-state index in [1.807, 2.05) is 0 Å². The number of anilines is 1. The monoisotopic (exact) mass is 294 g/mol. The van der Waals surface area contributed by atoms with Crippen molar-refractivity contribution < 1.29 is 0 Å². The SMILES string of the molecule is CN(C)c1ccc(C2C=CC=C2)c(C(=N)C2CCCCC2)c1. The van der Waals surface area contributed by atoms with Gasteiger partial charge in [0.15, 0.2) is 0 Å². The zero-order valence-electron chi connectivity index (χ0n) is 13.7. The number of nitrogens with zero attached hydrogens (tertiary/aromatic N) is 1. The van der Waals surface area contributed by atoms with Gasteiger partial charge in [0.2, 0.25) is 0 Å². The molecule has 2 aliphatic carbocycles. The first-order valence-corrected chi connectivity index (χ1v) is 8.42. The Kier molecular flexibility index (Phi) is 4.47. The van der Waals surface area contributed by atoms with E-state index < -0.39 is 0 Å². The molecule has 1 aromatic carbocycles. The molecule has 0 atom stereocenters. The van der Waals surface area contributed by atoms with Gasteiger partial charge in [-0.1, -0.05) is 49.6 Å². The van der Waals surface area contributed by atoms with Crippen molar-refractivity contribution in [2.75, 3.05) is 19.0 Å². The van der Waals surface area contributed by atoms with Gasteiger partial charge >= 0.3 is 0 Å². The summed E-state index contributed by atoms with van der Waals surface area (Å²) < 4.78 is 0. The average molecular weight is 294 g/mol. The lowest BCUT2D eigenvalue weighted by atomic mass is 9.80. The van der Waals surface area contributed by atoms with Crippen LogP contribution < -0.4 is 4.90 Å². The normalized spacial score (nSPS) is 18.8. The van der Waals surface area contributed by atoms with Crippen LogP contribution in [0.5, 0.6) is 0 Å². The van der Waals surface area contributed by atoms with Crippen LogP contribution in [0.25, 0.3) is 0 Å². The second-order valence-corrected chi connectivity index (χ2v) is 6.71. The Balaban J connectivity index is 1.97. The fraction of sp³-hybridized carbons (Fsp3) is 0.450. The van der Waals surface area contributed by atoms with Gasteiger partial charge in [0.1, 0.15) is 0 Å². The number of hydrogen-bond donors (Lipinski definition) is 1. The first kappa shape index (κ1) is 15.1. The van der Waals surface area contributed by atoms with Crippen molar-refractivity contribution in [3.8, 4) is 0 Å². The molecule has 0 spiro atoms. The van der Waals surface area contributed by atoms with Crippen LogP contribution in [0, 0.1) is 11.3 Å². The Morgan fingerprint density at radius 3 is 2.36 bits per heavy atom. The van der Waals surface area contributed by atoms with Gasteiger partial charge in [0, 0.05) is 42.9 Å². The molecule has 22 heavy (non-hydrogen) atoms. The number of benzene rings is 1. The maximum Gasteiger partial charge on any atom is 0.0420 e. The van der Waals surface area contributed by atoms with Crippen LogP contribution in [-0.4, -0.2) is 19.8 Å². The third-order valence-electron chi connectivity index (χ3n) is 4.96. The van der Waals surface area contributed by atoms with E-state index in [0.29, 0.717) is 11.8 Å². The zero-order chi connectivity index (χ0) is 15.5. The quantitative estimate of drug-likeness (QED) is 0.785. The Hall–Kier alpha value is -1.83. The van der Waals surface area contributed by atoms with Gasteiger partial charge in [-0.3, -0.25) is 0 Å². The van der Waals surface area contributed by atoms with E-state index in [0.717, 1.165) is 11.3 Å². The number of hydrogen-bond acceptors (Lipinski definition) is 2. The van der Waals surface area contributed by atoms with Crippen LogP contribution in [0.1, 0.15) is 49.1 Å². The first-order valence-electron chi connectivity index (χ1n) is 8.42. The van der Waals surface area contributed by atoms with Crippen LogP contribution in [0.3, 0.4) is 0 Å². The summed E-state index contributed by atoms with van der Waals surface area (Å²) in [5.41, 5.74) is 4.47. The van der Waals surface area contributed by atoms with E-state index in [9.17, 15) is 0 Å². The molecule has 0 amide bonds. The maximum atomic E-state index is 8.80. The van der Waals surface area contributed by atoms with Crippen molar-refractivity contribution in [1.82, 2.24) is 0 Å². The predicted molar refractivity (Wildman–Crippen MR) is 95.2 cm³/mol. The summed E-state index contributed by atoms with van der Waals surface area (Å²) in [7, 11) is 4.14. The maximum absolute atomic E-state index is 8.80. The van der Waals surface area contributed by atoms with Gasteiger partial charge in [-0.25, -0.2) is 0 Å². The van der Waals surface area contributed by atoms with Crippen LogP contribution in [0.4, 0.5) is 5.69 Å². The van der Waals surface area contributed by atoms with E-state index in [-0.39, 0.29) is 0 Å². The Bertz CT molecular complexity index is 592. The molecular weight excluding hydrogens is 268 g/mol. The highest BCUT2D eigenvalue weighted by Crippen LogP contribution is 2.33. The molecule has 2 nitrogen and oxygen atoms in total. The largest absolute Gasteiger partial charge is 0.378 e. The highest BCUT2D eigenvalue weighted by atomic mass is 15.1. The van der Waals surface area contributed by atoms with Crippen LogP contribution >= 0.6 is 0 Å². The fourth-order valence-electron chi connectivity index (χ4n) is 3.60. The number of rotatable bonds is 4. The Morgan fingerprint density at radius 1 is 1.05 bits per heavy atom. The molecule has 0 bridgehead atoms. The predicted octanol–water partition coefficient (Wildman–Crippen LogP) is 4.91. The summed E-state index contributed by atoms with van der Waals surface area (Å²) in [5, 5.41) is 8.80. The van der Waals surface area contributed by atoms with Crippen molar-refractivity contribution in [2.24, 2.45) is 5.92 Å². The third-order valence-corrected chi connectivity index (χ3v) is 4.96. The van der Waals surface area contributed by atoms with Gasteiger partial charge in [-0.05, 0) is 30.5 Å². The summed E-state index contributed by atoms with van der Waals surface area (Å²) in [6, 6.07) is 6.60. The number of allylic oxidation sites excluding steroid dienone is 4. The minimum atomic E-state index is 0.329. The van der Waals surface area contributed by atoms with Crippen LogP contribution in [0.15, 0.2) is 42.5 Å². The highest BCUT2D eigenvalue weighted by molar-refractivity contribution is 6.02. The molecule has 1 saturated carbocycles. The Morgan fingerprint density at radius 2 is 1.73 bits per heavy atom. The van der Waals surface area contributed by atoms with E-state index >= 15 is 0 Å². The molecule has 1 aromatic rings. The summed E-state index contributed by atoms with van der Waals surface area (Å²) >= 11 is 0. The fourth-order valence-corrected chi connectivity index (χ4v) is 3.60. The molecule has 2 aliphatic rings. The summed E-state index contributed by atoms with van der Waals surface area (Å²) in [6.45, 7) is 0. The van der Waals surface area contributed by atoms with Gasteiger partial charge < -0.3 is 10.3 Å². The molecule has 0 heterocycles. The van der Waals surface area contributed by atoms with Crippen molar-refractivity contribution in [3.05, 3.63) is 53.6 Å². The minimum Gasteiger partial charge on any atom is -0.378 e. The molecule has 1 N–H and O–H groups in total.